The summed E-state index contributed by atoms with van der Waals surface area (Å²) in [5.41, 5.74) is 0. The first-order valence-electron chi connectivity index (χ1n) is 3.01. The average molecular weight is 151 g/mol. The third kappa shape index (κ3) is 1.34. The molecule has 0 aliphatic heterocycles. The van der Waals surface area contributed by atoms with Gasteiger partial charge in [-0.15, -0.1) is 11.8 Å². The molecule has 10 heavy (non-hydrogen) atoms. The van der Waals surface area contributed by atoms with Gasteiger partial charge in [-0.3, -0.25) is 0 Å². The molecular formula is C7H7N2S. The molecule has 0 aromatic carbocycles. The SMILES string of the molecule is CCSc1cc[c]n1C#N. The number of hydrogen-bond donors (Lipinski definition) is 0. The first kappa shape index (κ1) is 7.23. The highest BCUT2D eigenvalue weighted by atomic mass is 32.2. The van der Waals surface area contributed by atoms with Gasteiger partial charge in [-0.25, -0.2) is 4.57 Å². The molecule has 0 aliphatic carbocycles. The second-order valence-electron chi connectivity index (χ2n) is 1.67. The molecule has 0 amide bonds. The maximum atomic E-state index is 8.50. The molecule has 0 saturated carbocycles. The summed E-state index contributed by atoms with van der Waals surface area (Å²) in [6, 6.07) is 3.64. The topological polar surface area (TPSA) is 28.7 Å². The highest BCUT2D eigenvalue weighted by Crippen LogP contribution is 2.16. The van der Waals surface area contributed by atoms with Gasteiger partial charge in [0.2, 0.25) is 0 Å². The Balaban J connectivity index is 2.82. The summed E-state index contributed by atoms with van der Waals surface area (Å²) in [4.78, 5) is 0. The van der Waals surface area contributed by atoms with Gasteiger partial charge in [0.1, 0.15) is 0 Å². The Labute approximate surface area is 64.5 Å². The molecule has 0 fully saturated rings. The summed E-state index contributed by atoms with van der Waals surface area (Å²) < 4.78 is 1.44. The van der Waals surface area contributed by atoms with E-state index in [9.17, 15) is 0 Å². The normalized spacial score (nSPS) is 9.20. The minimum absolute atomic E-state index is 0.963. The lowest BCUT2D eigenvalue weighted by molar-refractivity contribution is 0.968. The van der Waals surface area contributed by atoms with E-state index in [1.54, 1.807) is 17.8 Å². The van der Waals surface area contributed by atoms with E-state index in [1.807, 2.05) is 12.3 Å². The fourth-order valence-corrected chi connectivity index (χ4v) is 1.34. The molecule has 1 rings (SSSR count). The molecule has 0 spiro atoms. The van der Waals surface area contributed by atoms with Crippen LogP contribution in [-0.2, 0) is 0 Å². The van der Waals surface area contributed by atoms with Crippen molar-refractivity contribution >= 4 is 11.8 Å². The predicted octanol–water partition coefficient (Wildman–Crippen LogP) is 1.73. The van der Waals surface area contributed by atoms with Crippen molar-refractivity contribution < 1.29 is 0 Å². The van der Waals surface area contributed by atoms with Crippen LogP contribution in [0.15, 0.2) is 17.2 Å². The van der Waals surface area contributed by atoms with Crippen molar-refractivity contribution in [2.75, 3.05) is 5.75 Å². The van der Waals surface area contributed by atoms with Crippen molar-refractivity contribution in [2.24, 2.45) is 0 Å². The lowest BCUT2D eigenvalue weighted by Gasteiger charge is -1.94. The van der Waals surface area contributed by atoms with Crippen LogP contribution in [0, 0.1) is 17.7 Å². The molecule has 1 heterocycles. The molecule has 0 N–H and O–H groups in total. The van der Waals surface area contributed by atoms with Crippen molar-refractivity contribution in [3.05, 3.63) is 18.3 Å². The first-order chi connectivity index (χ1) is 4.88. The summed E-state index contributed by atoms with van der Waals surface area (Å²) in [5.74, 6) is 0.986. The lowest BCUT2D eigenvalue weighted by atomic mass is 10.7. The third-order valence-corrected chi connectivity index (χ3v) is 1.95. The Morgan fingerprint density at radius 1 is 1.90 bits per heavy atom. The monoisotopic (exact) mass is 151 g/mol. The maximum Gasteiger partial charge on any atom is 0.189 e. The highest BCUT2D eigenvalue weighted by molar-refractivity contribution is 7.99. The molecule has 1 radical (unpaired) electrons. The molecule has 0 unspecified atom stereocenters. The number of nitrogens with zero attached hydrogens (tertiary/aromatic N) is 2. The minimum atomic E-state index is 0.963. The van der Waals surface area contributed by atoms with Crippen LogP contribution in [-0.4, -0.2) is 10.3 Å². The molecule has 2 nitrogen and oxygen atoms in total. The van der Waals surface area contributed by atoms with Gasteiger partial charge >= 0.3 is 0 Å². The van der Waals surface area contributed by atoms with E-state index in [2.05, 4.69) is 13.1 Å². The number of aromatic nitrogens is 1. The Kier molecular flexibility index (Phi) is 2.41. The van der Waals surface area contributed by atoms with Crippen molar-refractivity contribution in [1.29, 1.82) is 5.26 Å². The minimum Gasteiger partial charge on any atom is -0.239 e. The number of nitriles is 1. The standard InChI is InChI=1S/C7H7N2S/c1-2-10-7-4-3-5-9(7)6-8/h3-4H,2H2,1H3. The zero-order valence-electron chi connectivity index (χ0n) is 5.66. The van der Waals surface area contributed by atoms with Gasteiger partial charge in [-0.05, 0) is 17.9 Å². The second-order valence-corrected chi connectivity index (χ2v) is 2.95. The van der Waals surface area contributed by atoms with Crippen molar-refractivity contribution in [2.45, 2.75) is 11.9 Å². The quantitative estimate of drug-likeness (QED) is 0.602. The second kappa shape index (κ2) is 3.33. The molecule has 0 bridgehead atoms. The van der Waals surface area contributed by atoms with E-state index < -0.39 is 0 Å². The van der Waals surface area contributed by atoms with Gasteiger partial charge < -0.3 is 0 Å². The van der Waals surface area contributed by atoms with E-state index in [0.29, 0.717) is 0 Å². The van der Waals surface area contributed by atoms with Gasteiger partial charge in [-0.1, -0.05) is 6.92 Å². The Hall–Kier alpha value is -0.880. The molecule has 0 atom stereocenters. The molecule has 1 aromatic rings. The molecule has 0 saturated heterocycles. The molecule has 3 heteroatoms. The summed E-state index contributed by atoms with van der Waals surface area (Å²) in [5, 5.41) is 9.47. The van der Waals surface area contributed by atoms with Crippen molar-refractivity contribution in [3.8, 4) is 6.19 Å². The van der Waals surface area contributed by atoms with Crippen LogP contribution in [0.4, 0.5) is 0 Å². The summed E-state index contributed by atoms with van der Waals surface area (Å²) in [7, 11) is 0. The van der Waals surface area contributed by atoms with Gasteiger partial charge in [0, 0.05) is 0 Å². The molecule has 0 aliphatic rings. The maximum absolute atomic E-state index is 8.50. The van der Waals surface area contributed by atoms with Crippen LogP contribution in [0.2, 0.25) is 0 Å². The van der Waals surface area contributed by atoms with E-state index in [1.165, 1.54) is 4.57 Å². The summed E-state index contributed by atoms with van der Waals surface area (Å²) in [6.07, 6.45) is 4.78. The van der Waals surface area contributed by atoms with Crippen LogP contribution in [0.3, 0.4) is 0 Å². The predicted molar refractivity (Wildman–Crippen MR) is 40.7 cm³/mol. The van der Waals surface area contributed by atoms with E-state index in [4.69, 9.17) is 5.26 Å². The third-order valence-electron chi connectivity index (χ3n) is 1.04. The van der Waals surface area contributed by atoms with Crippen LogP contribution >= 0.6 is 11.8 Å². The average Bonchev–Trinajstić information content (AvgIpc) is 2.36. The van der Waals surface area contributed by atoms with E-state index in [-0.39, 0.29) is 0 Å². The number of thioether (sulfide) groups is 1. The van der Waals surface area contributed by atoms with Gasteiger partial charge in [-0.2, -0.15) is 5.26 Å². The fourth-order valence-electron chi connectivity index (χ4n) is 0.660. The fraction of sp³-hybridized carbons (Fsp3) is 0.286. The molecule has 1 aromatic heterocycles. The lowest BCUT2D eigenvalue weighted by Crippen LogP contribution is -1.86. The molecule has 51 valence electrons. The zero-order chi connectivity index (χ0) is 7.40. The molecular weight excluding hydrogens is 144 g/mol. The number of hydrogen-bond acceptors (Lipinski definition) is 2. The van der Waals surface area contributed by atoms with Crippen molar-refractivity contribution in [1.82, 2.24) is 4.57 Å². The smallest absolute Gasteiger partial charge is 0.189 e. The number of rotatable bonds is 2. The van der Waals surface area contributed by atoms with Gasteiger partial charge in [0.25, 0.3) is 0 Å². The first-order valence-corrected chi connectivity index (χ1v) is 3.99. The van der Waals surface area contributed by atoms with E-state index >= 15 is 0 Å². The van der Waals surface area contributed by atoms with Crippen LogP contribution in [0.1, 0.15) is 6.92 Å². The van der Waals surface area contributed by atoms with Crippen molar-refractivity contribution in [3.63, 3.8) is 0 Å². The van der Waals surface area contributed by atoms with Gasteiger partial charge in [0.15, 0.2) is 6.19 Å². The Morgan fingerprint density at radius 2 is 2.70 bits per heavy atom. The van der Waals surface area contributed by atoms with Crippen LogP contribution < -0.4 is 0 Å². The Morgan fingerprint density at radius 3 is 3.30 bits per heavy atom. The van der Waals surface area contributed by atoms with E-state index in [0.717, 1.165) is 10.8 Å². The summed E-state index contributed by atoms with van der Waals surface area (Å²) in [6.45, 7) is 2.05. The van der Waals surface area contributed by atoms with Crippen LogP contribution in [0.25, 0.3) is 0 Å². The zero-order valence-corrected chi connectivity index (χ0v) is 6.48. The highest BCUT2D eigenvalue weighted by Gasteiger charge is 1.97. The van der Waals surface area contributed by atoms with Crippen LogP contribution in [0.5, 0.6) is 0 Å². The van der Waals surface area contributed by atoms with Gasteiger partial charge in [0.05, 0.1) is 11.2 Å². The summed E-state index contributed by atoms with van der Waals surface area (Å²) >= 11 is 1.64. The largest absolute Gasteiger partial charge is 0.239 e. The Bertz CT molecular complexity index is 246.